The molecule has 3 aromatic rings. The molecule has 0 atom stereocenters. The zero-order valence-electron chi connectivity index (χ0n) is 16.1. The van der Waals surface area contributed by atoms with Crippen LogP contribution in [0.25, 0.3) is 10.2 Å². The Bertz CT molecular complexity index is 1080. The molecule has 8 heteroatoms. The van der Waals surface area contributed by atoms with Gasteiger partial charge in [0.1, 0.15) is 12.2 Å². The average Bonchev–Trinajstić information content (AvgIpc) is 3.09. The van der Waals surface area contributed by atoms with Gasteiger partial charge in [-0.1, -0.05) is 11.3 Å². The summed E-state index contributed by atoms with van der Waals surface area (Å²) < 4.78 is 9.32. The number of aromatic nitrogens is 3. The van der Waals surface area contributed by atoms with Crippen molar-refractivity contribution >= 4 is 33.4 Å². The third-order valence-electron chi connectivity index (χ3n) is 4.41. The van der Waals surface area contributed by atoms with Gasteiger partial charge in [0, 0.05) is 12.6 Å². The number of carbonyl (C=O) groups is 2. The topological polar surface area (TPSA) is 78.5 Å². The molecule has 0 aliphatic carbocycles. The van der Waals surface area contributed by atoms with E-state index in [0.717, 1.165) is 26.9 Å². The van der Waals surface area contributed by atoms with Gasteiger partial charge in [0.25, 0.3) is 5.91 Å². The summed E-state index contributed by atoms with van der Waals surface area (Å²) in [6, 6.07) is 4.06. The second-order valence-corrected chi connectivity index (χ2v) is 7.41. The van der Waals surface area contributed by atoms with Crippen LogP contribution >= 0.6 is 11.3 Å². The molecule has 0 spiro atoms. The number of hydrogen-bond acceptors (Lipinski definition) is 5. The molecule has 27 heavy (non-hydrogen) atoms. The van der Waals surface area contributed by atoms with Crippen LogP contribution in [-0.4, -0.2) is 32.8 Å². The predicted molar refractivity (Wildman–Crippen MR) is 104 cm³/mol. The van der Waals surface area contributed by atoms with E-state index < -0.39 is 0 Å². The summed E-state index contributed by atoms with van der Waals surface area (Å²) in [5.41, 5.74) is 4.31. The van der Waals surface area contributed by atoms with Crippen LogP contribution < -0.4 is 4.80 Å². The fourth-order valence-corrected chi connectivity index (χ4v) is 4.00. The monoisotopic (exact) mass is 386 g/mol. The number of hydrogen-bond donors (Lipinski definition) is 0. The molecule has 142 valence electrons. The van der Waals surface area contributed by atoms with Crippen molar-refractivity contribution in [1.29, 1.82) is 0 Å². The van der Waals surface area contributed by atoms with Crippen molar-refractivity contribution in [3.8, 4) is 0 Å². The molecule has 0 aliphatic heterocycles. The predicted octanol–water partition coefficient (Wildman–Crippen LogP) is 2.67. The third kappa shape index (κ3) is 3.71. The minimum atomic E-state index is -0.384. The zero-order valence-corrected chi connectivity index (χ0v) is 16.9. The van der Waals surface area contributed by atoms with Crippen LogP contribution in [0, 0.1) is 20.8 Å². The van der Waals surface area contributed by atoms with Crippen LogP contribution in [0.1, 0.15) is 34.1 Å². The number of rotatable bonds is 4. The number of amides is 1. The van der Waals surface area contributed by atoms with Gasteiger partial charge in [-0.05, 0) is 51.0 Å². The second kappa shape index (κ2) is 7.48. The van der Waals surface area contributed by atoms with Crippen molar-refractivity contribution in [2.45, 2.75) is 34.2 Å². The minimum Gasteiger partial charge on any atom is -0.465 e. The van der Waals surface area contributed by atoms with Crippen LogP contribution in [0.5, 0.6) is 0 Å². The molecule has 2 heterocycles. The van der Waals surface area contributed by atoms with Crippen LogP contribution in [0.4, 0.5) is 0 Å². The van der Waals surface area contributed by atoms with Gasteiger partial charge >= 0.3 is 5.97 Å². The Kier molecular flexibility index (Phi) is 5.27. The highest BCUT2D eigenvalue weighted by Crippen LogP contribution is 2.22. The Morgan fingerprint density at radius 3 is 2.52 bits per heavy atom. The number of ether oxygens (including phenoxy) is 1. The lowest BCUT2D eigenvalue weighted by molar-refractivity contribution is -0.143. The van der Waals surface area contributed by atoms with Crippen molar-refractivity contribution in [3.05, 3.63) is 45.5 Å². The van der Waals surface area contributed by atoms with E-state index in [0.29, 0.717) is 17.1 Å². The third-order valence-corrected chi connectivity index (χ3v) is 5.45. The highest BCUT2D eigenvalue weighted by Gasteiger charge is 2.16. The van der Waals surface area contributed by atoms with E-state index in [9.17, 15) is 9.59 Å². The Hall–Kier alpha value is -2.74. The zero-order chi connectivity index (χ0) is 19.7. The summed E-state index contributed by atoms with van der Waals surface area (Å²) >= 11 is 1.38. The summed E-state index contributed by atoms with van der Waals surface area (Å²) in [6.45, 7) is 7.95. The van der Waals surface area contributed by atoms with Gasteiger partial charge in [0.2, 0.25) is 0 Å². The summed E-state index contributed by atoms with van der Waals surface area (Å²) in [6.07, 6.45) is 1.63. The largest absolute Gasteiger partial charge is 0.465 e. The van der Waals surface area contributed by atoms with Crippen LogP contribution in [0.15, 0.2) is 23.3 Å². The molecule has 2 aromatic heterocycles. The summed E-state index contributed by atoms with van der Waals surface area (Å²) in [4.78, 5) is 29.6. The molecule has 3 rings (SSSR count). The van der Waals surface area contributed by atoms with Crippen molar-refractivity contribution in [3.63, 3.8) is 0 Å². The quantitative estimate of drug-likeness (QED) is 0.646. The highest BCUT2D eigenvalue weighted by molar-refractivity contribution is 7.16. The first-order valence-electron chi connectivity index (χ1n) is 8.65. The Morgan fingerprint density at radius 1 is 1.19 bits per heavy atom. The first kappa shape index (κ1) is 19.0. The molecule has 1 amide bonds. The summed E-state index contributed by atoms with van der Waals surface area (Å²) in [5, 5.41) is 4.10. The SMILES string of the molecule is CCOC(=O)Cn1c(=NC(=O)c2c(C)cnn2C)sc2cc(C)c(C)cc21. The Labute approximate surface area is 160 Å². The summed E-state index contributed by atoms with van der Waals surface area (Å²) in [5.74, 6) is -0.744. The van der Waals surface area contributed by atoms with E-state index in [1.54, 1.807) is 24.7 Å². The van der Waals surface area contributed by atoms with E-state index in [-0.39, 0.29) is 18.4 Å². The van der Waals surface area contributed by atoms with Gasteiger partial charge in [-0.2, -0.15) is 10.1 Å². The molecule has 0 unspecified atom stereocenters. The van der Waals surface area contributed by atoms with Crippen molar-refractivity contribution in [2.24, 2.45) is 12.0 Å². The number of benzene rings is 1. The van der Waals surface area contributed by atoms with E-state index in [2.05, 4.69) is 16.2 Å². The van der Waals surface area contributed by atoms with E-state index in [1.807, 2.05) is 26.8 Å². The fraction of sp³-hybridized carbons (Fsp3) is 0.368. The fourth-order valence-electron chi connectivity index (χ4n) is 2.89. The molecule has 0 aliphatic rings. The van der Waals surface area contributed by atoms with E-state index in [4.69, 9.17) is 4.74 Å². The van der Waals surface area contributed by atoms with Gasteiger partial charge in [-0.3, -0.25) is 14.3 Å². The second-order valence-electron chi connectivity index (χ2n) is 6.40. The number of carbonyl (C=O) groups excluding carboxylic acids is 2. The highest BCUT2D eigenvalue weighted by atomic mass is 32.1. The van der Waals surface area contributed by atoms with Gasteiger partial charge in [0.15, 0.2) is 4.80 Å². The van der Waals surface area contributed by atoms with E-state index >= 15 is 0 Å². The molecule has 0 bridgehead atoms. The molecule has 0 saturated carbocycles. The molecule has 1 aromatic carbocycles. The van der Waals surface area contributed by atoms with Gasteiger partial charge < -0.3 is 9.30 Å². The molecule has 0 fully saturated rings. The molecular formula is C19H22N4O3S. The summed E-state index contributed by atoms with van der Waals surface area (Å²) in [7, 11) is 1.71. The standard InChI is InChI=1S/C19H22N4O3S/c1-6-26-16(24)10-23-14-7-11(2)12(3)8-15(14)27-19(23)21-18(25)17-13(4)9-20-22(17)5/h7-9H,6,10H2,1-5H3. The Morgan fingerprint density at radius 2 is 1.89 bits per heavy atom. The maximum Gasteiger partial charge on any atom is 0.326 e. The average molecular weight is 386 g/mol. The van der Waals surface area contributed by atoms with Crippen LogP contribution in [-0.2, 0) is 23.1 Å². The Balaban J connectivity index is 2.18. The smallest absolute Gasteiger partial charge is 0.326 e. The number of fused-ring (bicyclic) bond motifs is 1. The molecular weight excluding hydrogens is 364 g/mol. The molecule has 0 saturated heterocycles. The lowest BCUT2D eigenvalue weighted by atomic mass is 10.1. The minimum absolute atomic E-state index is 0.00677. The van der Waals surface area contributed by atoms with Crippen molar-refractivity contribution in [2.75, 3.05) is 6.61 Å². The number of nitrogens with zero attached hydrogens (tertiary/aromatic N) is 4. The van der Waals surface area contributed by atoms with Gasteiger partial charge in [-0.15, -0.1) is 0 Å². The molecule has 0 radical (unpaired) electrons. The number of aryl methyl sites for hydroxylation is 4. The normalized spacial score (nSPS) is 12.0. The van der Waals surface area contributed by atoms with Crippen molar-refractivity contribution < 1.29 is 14.3 Å². The first-order valence-corrected chi connectivity index (χ1v) is 9.47. The molecule has 0 N–H and O–H groups in total. The van der Waals surface area contributed by atoms with Gasteiger partial charge in [-0.25, -0.2) is 0 Å². The molecule has 7 nitrogen and oxygen atoms in total. The first-order chi connectivity index (χ1) is 12.8. The van der Waals surface area contributed by atoms with E-state index in [1.165, 1.54) is 16.0 Å². The lowest BCUT2D eigenvalue weighted by Crippen LogP contribution is -2.23. The van der Waals surface area contributed by atoms with Crippen LogP contribution in [0.2, 0.25) is 0 Å². The maximum absolute atomic E-state index is 12.7. The number of esters is 1. The van der Waals surface area contributed by atoms with Crippen molar-refractivity contribution in [1.82, 2.24) is 14.3 Å². The maximum atomic E-state index is 12.7. The van der Waals surface area contributed by atoms with Gasteiger partial charge in [0.05, 0.1) is 23.0 Å². The van der Waals surface area contributed by atoms with Crippen LogP contribution in [0.3, 0.4) is 0 Å². The lowest BCUT2D eigenvalue weighted by Gasteiger charge is -2.06. The number of thiazole rings is 1.